The Hall–Kier alpha value is -1.88. The molecule has 0 fully saturated rings. The summed E-state index contributed by atoms with van der Waals surface area (Å²) < 4.78 is 1.56. The van der Waals surface area contributed by atoms with Crippen LogP contribution in [0.25, 0.3) is 11.4 Å². The van der Waals surface area contributed by atoms with Crippen molar-refractivity contribution in [3.05, 3.63) is 29.8 Å². The number of aryl methyl sites for hydroxylation is 1. The predicted octanol–water partition coefficient (Wildman–Crippen LogP) is 0.566. The molecule has 0 aliphatic rings. The van der Waals surface area contributed by atoms with E-state index >= 15 is 0 Å². The molecule has 4 N–H and O–H groups in total. The number of nitrogens with zero attached hydrogens (tertiary/aromatic N) is 3. The van der Waals surface area contributed by atoms with E-state index in [1.807, 2.05) is 24.3 Å². The van der Waals surface area contributed by atoms with E-state index < -0.39 is 0 Å². The zero-order valence-electron chi connectivity index (χ0n) is 9.22. The van der Waals surface area contributed by atoms with Gasteiger partial charge in [0.2, 0.25) is 5.95 Å². The minimum absolute atomic E-state index is 0.416. The van der Waals surface area contributed by atoms with Gasteiger partial charge in [0.05, 0.1) is 0 Å². The first-order valence-corrected chi connectivity index (χ1v) is 5.16. The summed E-state index contributed by atoms with van der Waals surface area (Å²) in [5, 5.41) is 4.23. The van der Waals surface area contributed by atoms with Gasteiger partial charge >= 0.3 is 0 Å². The third kappa shape index (κ3) is 2.04. The number of hydrogen-bond acceptors (Lipinski definition) is 4. The SMILES string of the molecule is Cn1nc(-c2cccc(CCN)c2)nc1N. The Morgan fingerprint density at radius 3 is 2.81 bits per heavy atom. The Labute approximate surface area is 94.1 Å². The summed E-state index contributed by atoms with van der Waals surface area (Å²) in [6.07, 6.45) is 0.857. The Kier molecular flexibility index (Phi) is 2.87. The van der Waals surface area contributed by atoms with E-state index in [1.165, 1.54) is 5.56 Å². The summed E-state index contributed by atoms with van der Waals surface area (Å²) in [4.78, 5) is 4.18. The lowest BCUT2D eigenvalue weighted by Gasteiger charge is -2.00. The second-order valence-electron chi connectivity index (χ2n) is 3.66. The number of anilines is 1. The van der Waals surface area contributed by atoms with Crippen molar-refractivity contribution in [2.75, 3.05) is 12.3 Å². The fraction of sp³-hybridized carbons (Fsp3) is 0.273. The van der Waals surface area contributed by atoms with Crippen LogP contribution in [0.3, 0.4) is 0 Å². The summed E-state index contributed by atoms with van der Waals surface area (Å²) >= 11 is 0. The predicted molar refractivity (Wildman–Crippen MR) is 63.6 cm³/mol. The lowest BCUT2D eigenvalue weighted by molar-refractivity contribution is 0.781. The minimum Gasteiger partial charge on any atom is -0.368 e. The molecule has 0 radical (unpaired) electrons. The van der Waals surface area contributed by atoms with E-state index in [1.54, 1.807) is 11.7 Å². The molecule has 0 atom stereocenters. The Balaban J connectivity index is 2.36. The van der Waals surface area contributed by atoms with E-state index in [0.717, 1.165) is 12.0 Å². The van der Waals surface area contributed by atoms with E-state index in [0.29, 0.717) is 18.3 Å². The van der Waals surface area contributed by atoms with Gasteiger partial charge in [0.1, 0.15) is 0 Å². The number of hydrogen-bond donors (Lipinski definition) is 2. The molecule has 1 aromatic carbocycles. The van der Waals surface area contributed by atoms with Crippen LogP contribution < -0.4 is 11.5 Å². The third-order valence-electron chi connectivity index (χ3n) is 2.41. The topological polar surface area (TPSA) is 82.8 Å². The molecular formula is C11H15N5. The van der Waals surface area contributed by atoms with Crippen LogP contribution in [-0.2, 0) is 13.5 Å². The van der Waals surface area contributed by atoms with E-state index in [9.17, 15) is 0 Å². The highest BCUT2D eigenvalue weighted by Crippen LogP contribution is 2.17. The van der Waals surface area contributed by atoms with Crippen molar-refractivity contribution in [2.24, 2.45) is 12.8 Å². The number of nitrogens with two attached hydrogens (primary N) is 2. The second-order valence-corrected chi connectivity index (χ2v) is 3.66. The van der Waals surface area contributed by atoms with Gasteiger partial charge in [-0.3, -0.25) is 0 Å². The van der Waals surface area contributed by atoms with Crippen LogP contribution >= 0.6 is 0 Å². The van der Waals surface area contributed by atoms with Crippen molar-refractivity contribution in [2.45, 2.75) is 6.42 Å². The van der Waals surface area contributed by atoms with Gasteiger partial charge in [-0.2, -0.15) is 4.98 Å². The summed E-state index contributed by atoms with van der Waals surface area (Å²) in [5.41, 5.74) is 13.3. The van der Waals surface area contributed by atoms with Gasteiger partial charge in [-0.05, 0) is 24.6 Å². The van der Waals surface area contributed by atoms with Crippen LogP contribution in [-0.4, -0.2) is 21.3 Å². The van der Waals surface area contributed by atoms with Crippen molar-refractivity contribution in [3.8, 4) is 11.4 Å². The van der Waals surface area contributed by atoms with Crippen molar-refractivity contribution >= 4 is 5.95 Å². The molecular weight excluding hydrogens is 202 g/mol. The lowest BCUT2D eigenvalue weighted by atomic mass is 10.1. The monoisotopic (exact) mass is 217 g/mol. The standard InChI is InChI=1S/C11H15N5/c1-16-11(13)14-10(15-16)9-4-2-3-8(7-9)5-6-12/h2-4,7H,5-6,12H2,1H3,(H2,13,14,15). The lowest BCUT2D eigenvalue weighted by Crippen LogP contribution is -2.02. The Morgan fingerprint density at radius 1 is 1.38 bits per heavy atom. The van der Waals surface area contributed by atoms with Crippen LogP contribution in [0.15, 0.2) is 24.3 Å². The highest BCUT2D eigenvalue weighted by atomic mass is 15.4. The molecule has 0 unspecified atom stereocenters. The quantitative estimate of drug-likeness (QED) is 0.787. The van der Waals surface area contributed by atoms with Crippen molar-refractivity contribution < 1.29 is 0 Å². The average molecular weight is 217 g/mol. The van der Waals surface area contributed by atoms with Crippen LogP contribution in [0.2, 0.25) is 0 Å². The average Bonchev–Trinajstić information content (AvgIpc) is 2.60. The molecule has 1 heterocycles. The van der Waals surface area contributed by atoms with E-state index in [-0.39, 0.29) is 0 Å². The number of benzene rings is 1. The molecule has 1 aromatic heterocycles. The molecule has 0 saturated heterocycles. The molecule has 5 nitrogen and oxygen atoms in total. The minimum atomic E-state index is 0.416. The third-order valence-corrected chi connectivity index (χ3v) is 2.41. The zero-order valence-corrected chi connectivity index (χ0v) is 9.22. The maximum atomic E-state index is 5.64. The molecule has 16 heavy (non-hydrogen) atoms. The maximum absolute atomic E-state index is 5.64. The van der Waals surface area contributed by atoms with Gasteiger partial charge in [-0.1, -0.05) is 18.2 Å². The largest absolute Gasteiger partial charge is 0.368 e. The fourth-order valence-electron chi connectivity index (χ4n) is 1.55. The van der Waals surface area contributed by atoms with Crippen molar-refractivity contribution in [3.63, 3.8) is 0 Å². The van der Waals surface area contributed by atoms with Crippen LogP contribution in [0.1, 0.15) is 5.56 Å². The van der Waals surface area contributed by atoms with Gasteiger partial charge in [-0.25, -0.2) is 4.68 Å². The summed E-state index contributed by atoms with van der Waals surface area (Å²) in [6, 6.07) is 8.03. The molecule has 0 aliphatic heterocycles. The van der Waals surface area contributed by atoms with Gasteiger partial charge in [0.25, 0.3) is 0 Å². The number of rotatable bonds is 3. The molecule has 84 valence electrons. The molecule has 0 saturated carbocycles. The maximum Gasteiger partial charge on any atom is 0.218 e. The first kappa shape index (κ1) is 10.6. The highest BCUT2D eigenvalue weighted by Gasteiger charge is 2.06. The molecule has 0 amide bonds. The zero-order chi connectivity index (χ0) is 11.5. The van der Waals surface area contributed by atoms with Crippen LogP contribution in [0.4, 0.5) is 5.95 Å². The molecule has 0 spiro atoms. The number of nitrogen functional groups attached to an aromatic ring is 1. The van der Waals surface area contributed by atoms with Crippen molar-refractivity contribution in [1.82, 2.24) is 14.8 Å². The smallest absolute Gasteiger partial charge is 0.218 e. The fourth-order valence-corrected chi connectivity index (χ4v) is 1.55. The normalized spacial score (nSPS) is 10.6. The van der Waals surface area contributed by atoms with Gasteiger partial charge in [0, 0.05) is 12.6 Å². The molecule has 2 aromatic rings. The molecule has 5 heteroatoms. The molecule has 2 rings (SSSR count). The van der Waals surface area contributed by atoms with Crippen LogP contribution in [0, 0.1) is 0 Å². The first-order chi connectivity index (χ1) is 7.70. The van der Waals surface area contributed by atoms with E-state index in [4.69, 9.17) is 11.5 Å². The molecule has 0 aliphatic carbocycles. The van der Waals surface area contributed by atoms with Crippen molar-refractivity contribution in [1.29, 1.82) is 0 Å². The van der Waals surface area contributed by atoms with Gasteiger partial charge < -0.3 is 11.5 Å². The first-order valence-electron chi connectivity index (χ1n) is 5.16. The van der Waals surface area contributed by atoms with E-state index in [2.05, 4.69) is 10.1 Å². The van der Waals surface area contributed by atoms with Crippen LogP contribution in [0.5, 0.6) is 0 Å². The highest BCUT2D eigenvalue weighted by molar-refractivity contribution is 5.57. The second kappa shape index (κ2) is 4.32. The van der Waals surface area contributed by atoms with Gasteiger partial charge in [0.15, 0.2) is 5.82 Å². The number of aromatic nitrogens is 3. The van der Waals surface area contributed by atoms with Gasteiger partial charge in [-0.15, -0.1) is 5.10 Å². The Morgan fingerprint density at radius 2 is 2.19 bits per heavy atom. The summed E-state index contributed by atoms with van der Waals surface area (Å²) in [5.74, 6) is 1.07. The summed E-state index contributed by atoms with van der Waals surface area (Å²) in [7, 11) is 1.77. The molecule has 0 bridgehead atoms. The Bertz CT molecular complexity index is 469. The summed E-state index contributed by atoms with van der Waals surface area (Å²) in [6.45, 7) is 0.640.